The molecule has 2 N–H and O–H groups in total. The molecule has 4 nitrogen and oxygen atoms in total. The molecule has 0 bridgehead atoms. The van der Waals surface area contributed by atoms with Crippen molar-refractivity contribution in [2.45, 2.75) is 33.4 Å². The monoisotopic (exact) mass is 355 g/mol. The summed E-state index contributed by atoms with van der Waals surface area (Å²) in [6.45, 7) is 7.96. The summed E-state index contributed by atoms with van der Waals surface area (Å²) >= 11 is 3.44. The van der Waals surface area contributed by atoms with E-state index in [1.165, 1.54) is 5.56 Å². The molecule has 1 aromatic rings. The second-order valence-electron chi connectivity index (χ2n) is 6.02. The third kappa shape index (κ3) is 6.48. The molecule has 118 valence electrons. The number of nitrogens with zero attached hydrogens (tertiary/aromatic N) is 1. The van der Waals surface area contributed by atoms with E-state index >= 15 is 0 Å². The Morgan fingerprint density at radius 1 is 1.24 bits per heavy atom. The predicted molar refractivity (Wildman–Crippen MR) is 92.6 cm³/mol. The molecule has 0 radical (unpaired) electrons. The molecule has 1 aromatic carbocycles. The molecule has 0 saturated carbocycles. The summed E-state index contributed by atoms with van der Waals surface area (Å²) in [6, 6.07) is 8.23. The number of guanidine groups is 1. The predicted octanol–water partition coefficient (Wildman–Crippen LogP) is 3.18. The first-order valence-electron chi connectivity index (χ1n) is 7.08. The highest BCUT2D eigenvalue weighted by atomic mass is 79.9. The Bertz CT molecular complexity index is 452. The molecule has 1 rings (SSSR count). The van der Waals surface area contributed by atoms with Crippen molar-refractivity contribution in [2.75, 3.05) is 20.7 Å². The van der Waals surface area contributed by atoms with Crippen molar-refractivity contribution in [2.24, 2.45) is 10.4 Å². The van der Waals surface area contributed by atoms with Crippen LogP contribution in [0.1, 0.15) is 26.3 Å². The van der Waals surface area contributed by atoms with Gasteiger partial charge in [-0.1, -0.05) is 48.8 Å². The fraction of sp³-hybridized carbons (Fsp3) is 0.562. The van der Waals surface area contributed by atoms with Gasteiger partial charge >= 0.3 is 0 Å². The lowest BCUT2D eigenvalue weighted by molar-refractivity contribution is 0.0205. The molecule has 0 heterocycles. The van der Waals surface area contributed by atoms with Crippen LogP contribution in [0, 0.1) is 5.41 Å². The van der Waals surface area contributed by atoms with E-state index in [0.29, 0.717) is 0 Å². The Kier molecular flexibility index (Phi) is 7.18. The number of rotatable bonds is 5. The highest BCUT2D eigenvalue weighted by molar-refractivity contribution is 9.10. The highest BCUT2D eigenvalue weighted by Gasteiger charge is 2.24. The number of halogens is 1. The molecule has 5 heteroatoms. The fourth-order valence-corrected chi connectivity index (χ4v) is 2.21. The van der Waals surface area contributed by atoms with Crippen LogP contribution in [0.3, 0.4) is 0 Å². The van der Waals surface area contributed by atoms with Gasteiger partial charge in [-0.2, -0.15) is 0 Å². The Morgan fingerprint density at radius 3 is 2.33 bits per heavy atom. The average Bonchev–Trinajstić information content (AvgIpc) is 2.43. The van der Waals surface area contributed by atoms with E-state index in [0.717, 1.165) is 23.5 Å². The molecule has 0 fully saturated rings. The largest absolute Gasteiger partial charge is 0.379 e. The molecular formula is C16H26BrN3O. The summed E-state index contributed by atoms with van der Waals surface area (Å²) in [7, 11) is 3.52. The summed E-state index contributed by atoms with van der Waals surface area (Å²) in [5, 5.41) is 6.62. The fourth-order valence-electron chi connectivity index (χ4n) is 1.94. The standard InChI is InChI=1S/C16H26BrN3O/c1-16(2,3)14(21-5)11-20-15(18-4)19-10-12-6-8-13(17)9-7-12/h6-9,14H,10-11H2,1-5H3,(H2,18,19,20). The van der Waals surface area contributed by atoms with Gasteiger partial charge in [0.25, 0.3) is 0 Å². The van der Waals surface area contributed by atoms with Gasteiger partial charge in [0.2, 0.25) is 0 Å². The number of aliphatic imine (C=N–C) groups is 1. The van der Waals surface area contributed by atoms with Crippen LogP contribution < -0.4 is 10.6 Å². The van der Waals surface area contributed by atoms with Crippen LogP contribution in [0.4, 0.5) is 0 Å². The van der Waals surface area contributed by atoms with Gasteiger partial charge < -0.3 is 15.4 Å². The van der Waals surface area contributed by atoms with Crippen LogP contribution in [0.2, 0.25) is 0 Å². The van der Waals surface area contributed by atoms with Gasteiger partial charge in [0.15, 0.2) is 5.96 Å². The first-order chi connectivity index (χ1) is 9.86. The third-order valence-corrected chi connectivity index (χ3v) is 3.83. The number of hydrogen-bond acceptors (Lipinski definition) is 2. The van der Waals surface area contributed by atoms with Crippen molar-refractivity contribution >= 4 is 21.9 Å². The quantitative estimate of drug-likeness (QED) is 0.629. The number of nitrogens with one attached hydrogen (secondary N) is 2. The minimum Gasteiger partial charge on any atom is -0.379 e. The zero-order valence-corrected chi connectivity index (χ0v) is 15.1. The molecule has 0 aliphatic carbocycles. The zero-order valence-electron chi connectivity index (χ0n) is 13.5. The lowest BCUT2D eigenvalue weighted by Gasteiger charge is -2.30. The van der Waals surface area contributed by atoms with E-state index in [-0.39, 0.29) is 11.5 Å². The number of methoxy groups -OCH3 is 1. The van der Waals surface area contributed by atoms with E-state index in [9.17, 15) is 0 Å². The van der Waals surface area contributed by atoms with Crippen molar-refractivity contribution in [3.8, 4) is 0 Å². The maximum Gasteiger partial charge on any atom is 0.191 e. The Morgan fingerprint density at radius 2 is 1.86 bits per heavy atom. The smallest absolute Gasteiger partial charge is 0.191 e. The Balaban J connectivity index is 2.47. The first-order valence-corrected chi connectivity index (χ1v) is 7.88. The molecule has 0 aromatic heterocycles. The van der Waals surface area contributed by atoms with Crippen molar-refractivity contribution in [1.82, 2.24) is 10.6 Å². The van der Waals surface area contributed by atoms with Crippen molar-refractivity contribution in [1.29, 1.82) is 0 Å². The lowest BCUT2D eigenvalue weighted by atomic mass is 9.89. The molecule has 1 unspecified atom stereocenters. The summed E-state index contributed by atoms with van der Waals surface area (Å²) in [4.78, 5) is 4.24. The van der Waals surface area contributed by atoms with Crippen molar-refractivity contribution < 1.29 is 4.74 Å². The molecule has 0 aliphatic rings. The van der Waals surface area contributed by atoms with Gasteiger partial charge in [0.1, 0.15) is 0 Å². The summed E-state index contributed by atoms with van der Waals surface area (Å²) in [6.07, 6.45) is 0.128. The molecular weight excluding hydrogens is 330 g/mol. The highest BCUT2D eigenvalue weighted by Crippen LogP contribution is 2.20. The second kappa shape index (κ2) is 8.39. The van der Waals surface area contributed by atoms with Crippen molar-refractivity contribution in [3.63, 3.8) is 0 Å². The van der Waals surface area contributed by atoms with Crippen LogP contribution in [-0.2, 0) is 11.3 Å². The number of benzene rings is 1. The van der Waals surface area contributed by atoms with Crippen LogP contribution >= 0.6 is 15.9 Å². The number of hydrogen-bond donors (Lipinski definition) is 2. The third-order valence-electron chi connectivity index (χ3n) is 3.30. The van der Waals surface area contributed by atoms with Gasteiger partial charge in [-0.15, -0.1) is 0 Å². The molecule has 0 amide bonds. The van der Waals surface area contributed by atoms with Crippen LogP contribution in [0.15, 0.2) is 33.7 Å². The van der Waals surface area contributed by atoms with E-state index in [2.05, 4.69) is 64.5 Å². The molecule has 21 heavy (non-hydrogen) atoms. The SMILES string of the molecule is CN=C(NCc1ccc(Br)cc1)NCC(OC)C(C)(C)C. The topological polar surface area (TPSA) is 45.7 Å². The maximum atomic E-state index is 5.54. The first kappa shape index (κ1) is 18.0. The number of ether oxygens (including phenoxy) is 1. The van der Waals surface area contributed by atoms with Crippen LogP contribution in [-0.4, -0.2) is 32.8 Å². The minimum absolute atomic E-state index is 0.0896. The minimum atomic E-state index is 0.0896. The second-order valence-corrected chi connectivity index (χ2v) is 6.94. The maximum absolute atomic E-state index is 5.54. The van der Waals surface area contributed by atoms with Gasteiger partial charge in [0, 0.05) is 31.7 Å². The zero-order chi connectivity index (χ0) is 15.9. The summed E-state index contributed by atoms with van der Waals surface area (Å²) in [5.74, 6) is 0.782. The van der Waals surface area contributed by atoms with E-state index in [1.807, 2.05) is 12.1 Å². The van der Waals surface area contributed by atoms with Gasteiger partial charge in [0.05, 0.1) is 6.10 Å². The summed E-state index contributed by atoms with van der Waals surface area (Å²) in [5.41, 5.74) is 1.30. The molecule has 0 spiro atoms. The lowest BCUT2D eigenvalue weighted by Crippen LogP contribution is -2.45. The van der Waals surface area contributed by atoms with Crippen LogP contribution in [0.5, 0.6) is 0 Å². The normalized spacial score (nSPS) is 13.9. The molecule has 1 atom stereocenters. The molecule has 0 saturated heterocycles. The van der Waals surface area contributed by atoms with E-state index < -0.39 is 0 Å². The van der Waals surface area contributed by atoms with Crippen molar-refractivity contribution in [3.05, 3.63) is 34.3 Å². The summed E-state index contributed by atoms with van der Waals surface area (Å²) < 4.78 is 6.62. The van der Waals surface area contributed by atoms with Gasteiger partial charge in [-0.3, -0.25) is 4.99 Å². The van der Waals surface area contributed by atoms with Gasteiger partial charge in [-0.05, 0) is 23.1 Å². The Labute approximate surface area is 136 Å². The van der Waals surface area contributed by atoms with Gasteiger partial charge in [-0.25, -0.2) is 0 Å². The van der Waals surface area contributed by atoms with E-state index in [4.69, 9.17) is 4.74 Å². The Hall–Kier alpha value is -1.07. The van der Waals surface area contributed by atoms with Crippen LogP contribution in [0.25, 0.3) is 0 Å². The average molecular weight is 356 g/mol. The van der Waals surface area contributed by atoms with E-state index in [1.54, 1.807) is 14.2 Å². The molecule has 0 aliphatic heterocycles.